The fraction of sp³-hybridized carbons (Fsp3) is 0.412. The number of nitrogens with zero attached hydrogens (tertiary/aromatic N) is 1. The maximum absolute atomic E-state index is 3.59. The van der Waals surface area contributed by atoms with Gasteiger partial charge in [0, 0.05) is 24.0 Å². The highest BCUT2D eigenvalue weighted by atomic mass is 32.1. The van der Waals surface area contributed by atoms with E-state index in [0.717, 1.165) is 26.1 Å². The van der Waals surface area contributed by atoms with Gasteiger partial charge >= 0.3 is 0 Å². The Kier molecular flexibility index (Phi) is 6.25. The van der Waals surface area contributed by atoms with E-state index in [2.05, 4.69) is 72.0 Å². The Bertz CT molecular complexity index is 467. The van der Waals surface area contributed by atoms with Crippen molar-refractivity contribution in [1.29, 1.82) is 0 Å². The topological polar surface area (TPSA) is 15.3 Å². The van der Waals surface area contributed by atoms with Crippen molar-refractivity contribution >= 4 is 11.3 Å². The quantitative estimate of drug-likeness (QED) is 0.792. The molecule has 1 atom stereocenters. The van der Waals surface area contributed by atoms with Gasteiger partial charge in [0.25, 0.3) is 0 Å². The van der Waals surface area contributed by atoms with Crippen molar-refractivity contribution in [3.63, 3.8) is 0 Å². The van der Waals surface area contributed by atoms with Gasteiger partial charge in [0.05, 0.1) is 0 Å². The maximum atomic E-state index is 3.59. The van der Waals surface area contributed by atoms with Gasteiger partial charge in [-0.1, -0.05) is 43.3 Å². The van der Waals surface area contributed by atoms with E-state index in [1.807, 2.05) is 11.3 Å². The third-order valence-corrected chi connectivity index (χ3v) is 4.32. The van der Waals surface area contributed by atoms with Crippen LogP contribution >= 0.6 is 11.3 Å². The van der Waals surface area contributed by atoms with Crippen molar-refractivity contribution in [2.45, 2.75) is 25.9 Å². The van der Waals surface area contributed by atoms with E-state index in [9.17, 15) is 0 Å². The molecule has 0 amide bonds. The van der Waals surface area contributed by atoms with Crippen LogP contribution in [-0.2, 0) is 6.54 Å². The molecule has 1 unspecified atom stereocenters. The van der Waals surface area contributed by atoms with Gasteiger partial charge in [-0.3, -0.25) is 0 Å². The number of hydrogen-bond donors (Lipinski definition) is 1. The average Bonchev–Trinajstić information content (AvgIpc) is 2.97. The third kappa shape index (κ3) is 4.75. The zero-order chi connectivity index (χ0) is 14.2. The van der Waals surface area contributed by atoms with E-state index in [1.54, 1.807) is 0 Å². The van der Waals surface area contributed by atoms with Crippen LogP contribution < -0.4 is 5.32 Å². The minimum Gasteiger partial charge on any atom is -0.310 e. The normalized spacial score (nSPS) is 12.8. The summed E-state index contributed by atoms with van der Waals surface area (Å²) in [7, 11) is 2.20. The highest BCUT2D eigenvalue weighted by Gasteiger charge is 2.11. The molecule has 2 aromatic rings. The molecular formula is C17H24N2S. The van der Waals surface area contributed by atoms with Gasteiger partial charge < -0.3 is 10.2 Å². The lowest BCUT2D eigenvalue weighted by molar-refractivity contribution is 0.303. The molecule has 0 saturated heterocycles. The zero-order valence-electron chi connectivity index (χ0n) is 12.4. The molecule has 1 N–H and O–H groups in total. The number of thiophene rings is 1. The van der Waals surface area contributed by atoms with Crippen molar-refractivity contribution < 1.29 is 0 Å². The molecule has 0 aliphatic heterocycles. The van der Waals surface area contributed by atoms with Gasteiger partial charge in [0.2, 0.25) is 0 Å². The summed E-state index contributed by atoms with van der Waals surface area (Å²) in [5.41, 5.74) is 1.39. The summed E-state index contributed by atoms with van der Waals surface area (Å²) in [5, 5.41) is 5.74. The van der Waals surface area contributed by atoms with Crippen molar-refractivity contribution in [1.82, 2.24) is 10.2 Å². The number of hydrogen-bond acceptors (Lipinski definition) is 3. The molecule has 0 bridgehead atoms. The van der Waals surface area contributed by atoms with E-state index < -0.39 is 0 Å². The van der Waals surface area contributed by atoms with Crippen molar-refractivity contribution in [3.05, 3.63) is 58.3 Å². The first kappa shape index (κ1) is 15.2. The third-order valence-electron chi connectivity index (χ3n) is 3.46. The second kappa shape index (κ2) is 8.20. The maximum Gasteiger partial charge on any atom is 0.0332 e. The lowest BCUT2D eigenvalue weighted by atomic mass is 10.0. The smallest absolute Gasteiger partial charge is 0.0332 e. The SMILES string of the molecule is CCNC(CCN(C)Cc1cccs1)c1ccccc1. The van der Waals surface area contributed by atoms with Crippen LogP contribution in [0.2, 0.25) is 0 Å². The first-order chi connectivity index (χ1) is 9.79. The highest BCUT2D eigenvalue weighted by molar-refractivity contribution is 7.09. The molecule has 2 rings (SSSR count). The molecule has 1 heterocycles. The van der Waals surface area contributed by atoms with Crippen molar-refractivity contribution in [2.24, 2.45) is 0 Å². The predicted molar refractivity (Wildman–Crippen MR) is 88.1 cm³/mol. The van der Waals surface area contributed by atoms with Crippen LogP contribution in [0.25, 0.3) is 0 Å². The summed E-state index contributed by atoms with van der Waals surface area (Å²) < 4.78 is 0. The van der Waals surface area contributed by atoms with Crippen LogP contribution in [0, 0.1) is 0 Å². The summed E-state index contributed by atoms with van der Waals surface area (Å²) in [5.74, 6) is 0. The van der Waals surface area contributed by atoms with Crippen LogP contribution in [0.15, 0.2) is 47.8 Å². The monoisotopic (exact) mass is 288 g/mol. The van der Waals surface area contributed by atoms with Crippen molar-refractivity contribution in [2.75, 3.05) is 20.1 Å². The Morgan fingerprint density at radius 1 is 1.15 bits per heavy atom. The Morgan fingerprint density at radius 3 is 2.60 bits per heavy atom. The molecule has 0 aliphatic carbocycles. The van der Waals surface area contributed by atoms with Crippen molar-refractivity contribution in [3.8, 4) is 0 Å². The minimum atomic E-state index is 0.451. The summed E-state index contributed by atoms with van der Waals surface area (Å²) in [4.78, 5) is 3.84. The molecule has 0 aliphatic rings. The summed E-state index contributed by atoms with van der Waals surface area (Å²) >= 11 is 1.83. The van der Waals surface area contributed by atoms with E-state index in [0.29, 0.717) is 6.04 Å². The number of nitrogens with one attached hydrogen (secondary N) is 1. The van der Waals surface area contributed by atoms with Crippen LogP contribution in [0.4, 0.5) is 0 Å². The number of benzene rings is 1. The molecular weight excluding hydrogens is 264 g/mol. The lowest BCUT2D eigenvalue weighted by Gasteiger charge is -2.22. The Hall–Kier alpha value is -1.16. The highest BCUT2D eigenvalue weighted by Crippen LogP contribution is 2.18. The van der Waals surface area contributed by atoms with Gasteiger partial charge in [0.1, 0.15) is 0 Å². The molecule has 20 heavy (non-hydrogen) atoms. The van der Waals surface area contributed by atoms with E-state index in [1.165, 1.54) is 10.4 Å². The molecule has 2 nitrogen and oxygen atoms in total. The second-order valence-electron chi connectivity index (χ2n) is 5.13. The van der Waals surface area contributed by atoms with Gasteiger partial charge in [-0.05, 0) is 37.0 Å². The summed E-state index contributed by atoms with van der Waals surface area (Å²) in [6.45, 7) is 5.33. The summed E-state index contributed by atoms with van der Waals surface area (Å²) in [6, 6.07) is 15.5. The van der Waals surface area contributed by atoms with Crippen LogP contribution in [0.5, 0.6) is 0 Å². The van der Waals surface area contributed by atoms with Crippen LogP contribution in [0.1, 0.15) is 29.8 Å². The molecule has 0 saturated carbocycles. The van der Waals surface area contributed by atoms with Gasteiger partial charge in [0.15, 0.2) is 0 Å². The van der Waals surface area contributed by atoms with Crippen LogP contribution in [0.3, 0.4) is 0 Å². The van der Waals surface area contributed by atoms with Gasteiger partial charge in [-0.25, -0.2) is 0 Å². The zero-order valence-corrected chi connectivity index (χ0v) is 13.2. The fourth-order valence-electron chi connectivity index (χ4n) is 2.42. The Labute approximate surface area is 126 Å². The molecule has 0 fully saturated rings. The fourth-order valence-corrected chi connectivity index (χ4v) is 3.20. The second-order valence-corrected chi connectivity index (χ2v) is 6.16. The predicted octanol–water partition coefficient (Wildman–Crippen LogP) is 3.92. The van der Waals surface area contributed by atoms with E-state index in [-0.39, 0.29) is 0 Å². The van der Waals surface area contributed by atoms with Gasteiger partial charge in [-0.2, -0.15) is 0 Å². The molecule has 0 radical (unpaired) electrons. The molecule has 1 aromatic carbocycles. The Balaban J connectivity index is 1.85. The standard InChI is InChI=1S/C17H24N2S/c1-3-18-17(15-8-5-4-6-9-15)11-12-19(2)14-16-10-7-13-20-16/h4-10,13,17-18H,3,11-12,14H2,1-2H3. The Morgan fingerprint density at radius 2 is 1.95 bits per heavy atom. The van der Waals surface area contributed by atoms with E-state index >= 15 is 0 Å². The largest absolute Gasteiger partial charge is 0.310 e. The number of rotatable bonds is 8. The first-order valence-corrected chi connectivity index (χ1v) is 8.16. The van der Waals surface area contributed by atoms with Gasteiger partial charge in [-0.15, -0.1) is 11.3 Å². The molecule has 1 aromatic heterocycles. The van der Waals surface area contributed by atoms with Crippen LogP contribution in [-0.4, -0.2) is 25.0 Å². The molecule has 108 valence electrons. The average molecular weight is 288 g/mol. The lowest BCUT2D eigenvalue weighted by Crippen LogP contribution is -2.27. The minimum absolute atomic E-state index is 0.451. The molecule has 0 spiro atoms. The molecule has 3 heteroatoms. The van der Waals surface area contributed by atoms with E-state index in [4.69, 9.17) is 0 Å². The first-order valence-electron chi connectivity index (χ1n) is 7.29. The summed E-state index contributed by atoms with van der Waals surface area (Å²) in [6.07, 6.45) is 1.14.